The highest BCUT2D eigenvalue weighted by Gasteiger charge is 2.12. The standard InChI is InChI=1S/C13H13N3O3/c1-8-11(13(18)19)6-15-16(8)7-9-2-4-10(5-3-9)12(14)17/h2-6H,7H2,1H3,(H2,14,17)(H,18,19). The van der Waals surface area contributed by atoms with Crippen LogP contribution in [0.3, 0.4) is 0 Å². The van der Waals surface area contributed by atoms with Crippen LogP contribution in [0.4, 0.5) is 0 Å². The Hall–Kier alpha value is -2.63. The number of aromatic nitrogens is 2. The molecule has 6 nitrogen and oxygen atoms in total. The second-order valence-corrected chi connectivity index (χ2v) is 4.17. The monoisotopic (exact) mass is 259 g/mol. The highest BCUT2D eigenvalue weighted by atomic mass is 16.4. The fourth-order valence-corrected chi connectivity index (χ4v) is 1.76. The average molecular weight is 259 g/mol. The summed E-state index contributed by atoms with van der Waals surface area (Å²) in [6.45, 7) is 2.15. The van der Waals surface area contributed by atoms with Crippen LogP contribution in [0.5, 0.6) is 0 Å². The zero-order valence-electron chi connectivity index (χ0n) is 10.3. The molecule has 0 saturated carbocycles. The van der Waals surface area contributed by atoms with Gasteiger partial charge in [0.15, 0.2) is 0 Å². The van der Waals surface area contributed by atoms with Crippen LogP contribution in [-0.4, -0.2) is 26.8 Å². The minimum Gasteiger partial charge on any atom is -0.478 e. The summed E-state index contributed by atoms with van der Waals surface area (Å²) in [6.07, 6.45) is 1.33. The Morgan fingerprint density at radius 1 is 1.32 bits per heavy atom. The lowest BCUT2D eigenvalue weighted by molar-refractivity contribution is 0.0695. The summed E-state index contributed by atoms with van der Waals surface area (Å²) in [5.41, 5.74) is 7.28. The van der Waals surface area contributed by atoms with E-state index >= 15 is 0 Å². The number of nitrogens with two attached hydrogens (primary N) is 1. The molecule has 0 aliphatic rings. The number of aromatic carboxylic acids is 1. The summed E-state index contributed by atoms with van der Waals surface area (Å²) >= 11 is 0. The molecule has 0 saturated heterocycles. The number of carboxylic acids is 1. The largest absolute Gasteiger partial charge is 0.478 e. The number of carbonyl (C=O) groups is 2. The van der Waals surface area contributed by atoms with Gasteiger partial charge in [0.05, 0.1) is 18.4 Å². The molecule has 6 heteroatoms. The number of rotatable bonds is 4. The van der Waals surface area contributed by atoms with Crippen LogP contribution in [0, 0.1) is 6.92 Å². The Bertz CT molecular complexity index is 629. The van der Waals surface area contributed by atoms with E-state index in [1.54, 1.807) is 35.9 Å². The fraction of sp³-hybridized carbons (Fsp3) is 0.154. The molecule has 98 valence electrons. The number of nitrogens with zero attached hydrogens (tertiary/aromatic N) is 2. The lowest BCUT2D eigenvalue weighted by Crippen LogP contribution is -2.11. The van der Waals surface area contributed by atoms with Gasteiger partial charge in [-0.05, 0) is 24.6 Å². The Morgan fingerprint density at radius 2 is 1.95 bits per heavy atom. The molecule has 3 N–H and O–H groups in total. The minimum absolute atomic E-state index is 0.189. The van der Waals surface area contributed by atoms with Gasteiger partial charge in [-0.25, -0.2) is 4.79 Å². The van der Waals surface area contributed by atoms with E-state index in [0.29, 0.717) is 17.8 Å². The van der Waals surface area contributed by atoms with E-state index < -0.39 is 11.9 Å². The van der Waals surface area contributed by atoms with Crippen LogP contribution in [0.2, 0.25) is 0 Å². The molecule has 0 fully saturated rings. The molecule has 1 aromatic carbocycles. The van der Waals surface area contributed by atoms with E-state index in [1.807, 2.05) is 0 Å². The fourth-order valence-electron chi connectivity index (χ4n) is 1.76. The predicted octanol–water partition coefficient (Wildman–Crippen LogP) is 1.04. The molecule has 2 aromatic rings. The maximum atomic E-state index is 10.9. The molecule has 0 unspecified atom stereocenters. The first-order valence-electron chi connectivity index (χ1n) is 5.63. The molecule has 1 amide bonds. The molecule has 0 atom stereocenters. The first kappa shape index (κ1) is 12.8. The SMILES string of the molecule is Cc1c(C(=O)O)cnn1Cc1ccc(C(N)=O)cc1. The van der Waals surface area contributed by atoms with Gasteiger partial charge in [0, 0.05) is 5.56 Å². The van der Waals surface area contributed by atoms with Crippen molar-refractivity contribution in [2.75, 3.05) is 0 Å². The summed E-state index contributed by atoms with van der Waals surface area (Å²) in [5.74, 6) is -1.47. The summed E-state index contributed by atoms with van der Waals surface area (Å²) in [5, 5.41) is 13.0. The number of primary amides is 1. The van der Waals surface area contributed by atoms with E-state index in [0.717, 1.165) is 5.56 Å². The number of benzene rings is 1. The Balaban J connectivity index is 2.21. The van der Waals surface area contributed by atoms with Crippen molar-refractivity contribution in [3.05, 3.63) is 52.8 Å². The minimum atomic E-state index is -0.993. The van der Waals surface area contributed by atoms with Gasteiger partial charge >= 0.3 is 5.97 Å². The Morgan fingerprint density at radius 3 is 2.42 bits per heavy atom. The summed E-state index contributed by atoms with van der Waals surface area (Å²) in [7, 11) is 0. The molecular weight excluding hydrogens is 246 g/mol. The maximum Gasteiger partial charge on any atom is 0.339 e. The molecule has 0 bridgehead atoms. The highest BCUT2D eigenvalue weighted by Crippen LogP contribution is 2.11. The maximum absolute atomic E-state index is 10.9. The summed E-state index contributed by atoms with van der Waals surface area (Å²) in [6, 6.07) is 6.80. The lowest BCUT2D eigenvalue weighted by atomic mass is 10.1. The normalized spacial score (nSPS) is 10.4. The number of carboxylic acid groups (broad SMARTS) is 1. The van der Waals surface area contributed by atoms with Crippen LogP contribution >= 0.6 is 0 Å². The van der Waals surface area contributed by atoms with E-state index in [1.165, 1.54) is 6.20 Å². The van der Waals surface area contributed by atoms with Gasteiger partial charge in [0.2, 0.25) is 5.91 Å². The lowest BCUT2D eigenvalue weighted by Gasteiger charge is -2.05. The van der Waals surface area contributed by atoms with Crippen LogP contribution in [0.1, 0.15) is 32.0 Å². The zero-order valence-corrected chi connectivity index (χ0v) is 10.3. The third-order valence-corrected chi connectivity index (χ3v) is 2.90. The third-order valence-electron chi connectivity index (χ3n) is 2.90. The van der Waals surface area contributed by atoms with Crippen LogP contribution in [-0.2, 0) is 6.54 Å². The number of carbonyl (C=O) groups excluding carboxylic acids is 1. The van der Waals surface area contributed by atoms with Gasteiger partial charge in [0.25, 0.3) is 0 Å². The van der Waals surface area contributed by atoms with Gasteiger partial charge in [-0.2, -0.15) is 5.10 Å². The topological polar surface area (TPSA) is 98.2 Å². The van der Waals surface area contributed by atoms with Gasteiger partial charge in [0.1, 0.15) is 5.56 Å². The highest BCUT2D eigenvalue weighted by molar-refractivity contribution is 5.92. The average Bonchev–Trinajstić information content (AvgIpc) is 2.72. The first-order valence-corrected chi connectivity index (χ1v) is 5.63. The molecule has 1 heterocycles. The van der Waals surface area contributed by atoms with Crippen molar-refractivity contribution in [1.29, 1.82) is 0 Å². The van der Waals surface area contributed by atoms with Crippen molar-refractivity contribution in [2.45, 2.75) is 13.5 Å². The molecule has 0 aliphatic heterocycles. The van der Waals surface area contributed by atoms with Crippen molar-refractivity contribution in [3.63, 3.8) is 0 Å². The Kier molecular flexibility index (Phi) is 3.33. The molecule has 0 radical (unpaired) electrons. The van der Waals surface area contributed by atoms with E-state index in [2.05, 4.69) is 5.10 Å². The predicted molar refractivity (Wildman–Crippen MR) is 68.0 cm³/mol. The van der Waals surface area contributed by atoms with Gasteiger partial charge in [-0.15, -0.1) is 0 Å². The molecule has 2 rings (SSSR count). The molecule has 1 aromatic heterocycles. The van der Waals surface area contributed by atoms with Crippen molar-refractivity contribution >= 4 is 11.9 Å². The smallest absolute Gasteiger partial charge is 0.339 e. The van der Waals surface area contributed by atoms with E-state index in [4.69, 9.17) is 10.8 Å². The molecule has 19 heavy (non-hydrogen) atoms. The van der Waals surface area contributed by atoms with Crippen molar-refractivity contribution in [1.82, 2.24) is 9.78 Å². The number of hydrogen-bond donors (Lipinski definition) is 2. The second-order valence-electron chi connectivity index (χ2n) is 4.17. The quantitative estimate of drug-likeness (QED) is 0.856. The van der Waals surface area contributed by atoms with Crippen LogP contribution < -0.4 is 5.73 Å². The van der Waals surface area contributed by atoms with Gasteiger partial charge < -0.3 is 10.8 Å². The van der Waals surface area contributed by atoms with Crippen molar-refractivity contribution in [2.24, 2.45) is 5.73 Å². The van der Waals surface area contributed by atoms with E-state index in [9.17, 15) is 9.59 Å². The zero-order chi connectivity index (χ0) is 14.0. The van der Waals surface area contributed by atoms with Gasteiger partial charge in [-0.1, -0.05) is 12.1 Å². The van der Waals surface area contributed by atoms with Crippen molar-refractivity contribution in [3.8, 4) is 0 Å². The van der Waals surface area contributed by atoms with Crippen LogP contribution in [0.15, 0.2) is 30.5 Å². The summed E-state index contributed by atoms with van der Waals surface area (Å²) < 4.78 is 1.60. The molecule has 0 aliphatic carbocycles. The number of amides is 1. The summed E-state index contributed by atoms with van der Waals surface area (Å²) in [4.78, 5) is 21.8. The molecule has 0 spiro atoms. The molecular formula is C13H13N3O3. The van der Waals surface area contributed by atoms with Gasteiger partial charge in [-0.3, -0.25) is 9.48 Å². The first-order chi connectivity index (χ1) is 8.99. The third kappa shape index (κ3) is 2.62. The van der Waals surface area contributed by atoms with Crippen molar-refractivity contribution < 1.29 is 14.7 Å². The second kappa shape index (κ2) is 4.93. The van der Waals surface area contributed by atoms with Crippen LogP contribution in [0.25, 0.3) is 0 Å². The Labute approximate surface area is 109 Å². The number of hydrogen-bond acceptors (Lipinski definition) is 3. The van der Waals surface area contributed by atoms with E-state index in [-0.39, 0.29) is 5.56 Å².